The van der Waals surface area contributed by atoms with E-state index < -0.39 is 5.91 Å². The van der Waals surface area contributed by atoms with E-state index in [0.29, 0.717) is 5.56 Å². The molecular weight excluding hydrogens is 198 g/mol. The fourth-order valence-corrected chi connectivity index (χ4v) is 1.72. The SMILES string of the molecule is NC(=O)c1ccc(N2NC=CS2)cc1. The predicted octanol–water partition coefficient (Wildman–Crippen LogP) is 1.23. The molecule has 0 atom stereocenters. The van der Waals surface area contributed by atoms with Gasteiger partial charge in [-0.3, -0.25) is 10.2 Å². The third-order valence-electron chi connectivity index (χ3n) is 1.81. The number of benzene rings is 1. The van der Waals surface area contributed by atoms with Gasteiger partial charge in [0.25, 0.3) is 0 Å². The number of hydrogen-bond donors (Lipinski definition) is 2. The lowest BCUT2D eigenvalue weighted by Crippen LogP contribution is -2.22. The lowest BCUT2D eigenvalue weighted by Gasteiger charge is -2.16. The predicted molar refractivity (Wildman–Crippen MR) is 57.3 cm³/mol. The summed E-state index contributed by atoms with van der Waals surface area (Å²) in [5, 5.41) is 1.93. The number of nitrogens with two attached hydrogens (primary N) is 1. The van der Waals surface area contributed by atoms with Gasteiger partial charge in [-0.2, -0.15) is 0 Å². The minimum Gasteiger partial charge on any atom is -0.366 e. The molecule has 3 N–H and O–H groups in total. The molecule has 0 bridgehead atoms. The fourth-order valence-electron chi connectivity index (χ4n) is 1.12. The van der Waals surface area contributed by atoms with Crippen LogP contribution in [0.4, 0.5) is 5.69 Å². The van der Waals surface area contributed by atoms with E-state index in [1.807, 2.05) is 28.2 Å². The van der Waals surface area contributed by atoms with Crippen LogP contribution in [0, 0.1) is 0 Å². The Bertz CT molecular complexity index is 366. The number of hydrogen-bond acceptors (Lipinski definition) is 4. The first-order chi connectivity index (χ1) is 6.77. The summed E-state index contributed by atoms with van der Waals surface area (Å²) < 4.78 is 1.88. The Morgan fingerprint density at radius 3 is 2.57 bits per heavy atom. The molecule has 0 fully saturated rings. The lowest BCUT2D eigenvalue weighted by atomic mass is 10.2. The molecule has 0 spiro atoms. The topological polar surface area (TPSA) is 58.4 Å². The molecule has 1 aliphatic rings. The van der Waals surface area contributed by atoms with Crippen molar-refractivity contribution in [3.63, 3.8) is 0 Å². The van der Waals surface area contributed by atoms with E-state index in [1.165, 1.54) is 11.9 Å². The van der Waals surface area contributed by atoms with Crippen molar-refractivity contribution < 1.29 is 4.79 Å². The Morgan fingerprint density at radius 1 is 1.36 bits per heavy atom. The molecule has 1 aromatic rings. The van der Waals surface area contributed by atoms with Gasteiger partial charge in [0.15, 0.2) is 0 Å². The zero-order chi connectivity index (χ0) is 9.97. The van der Waals surface area contributed by atoms with Crippen molar-refractivity contribution in [3.8, 4) is 0 Å². The van der Waals surface area contributed by atoms with E-state index in [9.17, 15) is 4.79 Å². The molecule has 0 radical (unpaired) electrons. The molecule has 14 heavy (non-hydrogen) atoms. The van der Waals surface area contributed by atoms with Crippen LogP contribution in [0.2, 0.25) is 0 Å². The Morgan fingerprint density at radius 2 is 2.07 bits per heavy atom. The van der Waals surface area contributed by atoms with Gasteiger partial charge < -0.3 is 5.73 Å². The molecule has 0 unspecified atom stereocenters. The van der Waals surface area contributed by atoms with Crippen LogP contribution in [-0.2, 0) is 0 Å². The summed E-state index contributed by atoms with van der Waals surface area (Å²) in [6, 6.07) is 7.09. The highest BCUT2D eigenvalue weighted by atomic mass is 32.2. The molecule has 1 aliphatic heterocycles. The Kier molecular flexibility index (Phi) is 2.32. The van der Waals surface area contributed by atoms with Crippen LogP contribution in [0.5, 0.6) is 0 Å². The van der Waals surface area contributed by atoms with Gasteiger partial charge in [0, 0.05) is 29.1 Å². The summed E-state index contributed by atoms with van der Waals surface area (Å²) in [4.78, 5) is 10.8. The molecule has 2 rings (SSSR count). The van der Waals surface area contributed by atoms with E-state index in [-0.39, 0.29) is 0 Å². The van der Waals surface area contributed by atoms with Gasteiger partial charge in [-0.1, -0.05) is 0 Å². The van der Waals surface area contributed by atoms with Crippen molar-refractivity contribution >= 4 is 23.5 Å². The highest BCUT2D eigenvalue weighted by molar-refractivity contribution is 8.03. The normalized spacial score (nSPS) is 14.1. The maximum atomic E-state index is 10.8. The van der Waals surface area contributed by atoms with Crippen molar-refractivity contribution in [2.75, 3.05) is 4.41 Å². The van der Waals surface area contributed by atoms with Gasteiger partial charge in [-0.05, 0) is 24.3 Å². The number of nitrogens with zero attached hydrogens (tertiary/aromatic N) is 1. The maximum absolute atomic E-state index is 10.8. The molecule has 0 aliphatic carbocycles. The molecule has 1 amide bonds. The first-order valence-electron chi connectivity index (χ1n) is 4.05. The number of nitrogens with one attached hydrogen (secondary N) is 1. The number of amides is 1. The Labute approximate surface area is 85.9 Å². The van der Waals surface area contributed by atoms with Crippen LogP contribution < -0.4 is 15.6 Å². The molecule has 0 saturated carbocycles. The number of carbonyl (C=O) groups is 1. The van der Waals surface area contributed by atoms with Crippen LogP contribution >= 0.6 is 11.9 Å². The van der Waals surface area contributed by atoms with Crippen molar-refractivity contribution in [3.05, 3.63) is 41.4 Å². The third kappa shape index (κ3) is 1.67. The highest BCUT2D eigenvalue weighted by Gasteiger charge is 2.08. The summed E-state index contributed by atoms with van der Waals surface area (Å²) in [6.45, 7) is 0. The van der Waals surface area contributed by atoms with E-state index in [0.717, 1.165) is 5.69 Å². The smallest absolute Gasteiger partial charge is 0.248 e. The van der Waals surface area contributed by atoms with Crippen molar-refractivity contribution in [1.29, 1.82) is 0 Å². The lowest BCUT2D eigenvalue weighted by molar-refractivity contribution is 0.100. The fraction of sp³-hybridized carbons (Fsp3) is 0. The Hall–Kier alpha value is -1.62. The first-order valence-corrected chi connectivity index (χ1v) is 4.89. The third-order valence-corrected chi connectivity index (χ3v) is 2.60. The first kappa shape index (κ1) is 8.96. The summed E-state index contributed by atoms with van der Waals surface area (Å²) in [5.74, 6) is -0.406. The van der Waals surface area contributed by atoms with Gasteiger partial charge in [0.1, 0.15) is 0 Å². The quantitative estimate of drug-likeness (QED) is 0.716. The number of anilines is 1. The van der Waals surface area contributed by atoms with Gasteiger partial charge >= 0.3 is 0 Å². The summed E-state index contributed by atoms with van der Waals surface area (Å²) in [7, 11) is 0. The average molecular weight is 207 g/mol. The van der Waals surface area contributed by atoms with Crippen LogP contribution in [0.25, 0.3) is 0 Å². The Balaban J connectivity index is 2.17. The number of hydrazine groups is 1. The zero-order valence-corrected chi connectivity index (χ0v) is 8.12. The minimum absolute atomic E-state index is 0.406. The minimum atomic E-state index is -0.406. The number of rotatable bonds is 2. The largest absolute Gasteiger partial charge is 0.366 e. The molecule has 72 valence electrons. The maximum Gasteiger partial charge on any atom is 0.248 e. The van der Waals surface area contributed by atoms with E-state index in [1.54, 1.807) is 12.1 Å². The molecular formula is C9H9N3OS. The summed E-state index contributed by atoms with van der Waals surface area (Å²) in [5.41, 5.74) is 9.65. The van der Waals surface area contributed by atoms with Crippen LogP contribution in [-0.4, -0.2) is 5.91 Å². The molecule has 0 saturated heterocycles. The molecule has 1 aromatic carbocycles. The van der Waals surface area contributed by atoms with Gasteiger partial charge in [0.2, 0.25) is 5.91 Å². The van der Waals surface area contributed by atoms with Gasteiger partial charge in [0.05, 0.1) is 5.69 Å². The highest BCUT2D eigenvalue weighted by Crippen LogP contribution is 2.24. The van der Waals surface area contributed by atoms with Crippen molar-refractivity contribution in [2.24, 2.45) is 5.73 Å². The molecule has 5 heteroatoms. The molecule has 0 aromatic heterocycles. The summed E-state index contributed by atoms with van der Waals surface area (Å²) in [6.07, 6.45) is 1.84. The van der Waals surface area contributed by atoms with E-state index >= 15 is 0 Å². The van der Waals surface area contributed by atoms with Crippen LogP contribution in [0.15, 0.2) is 35.9 Å². The molecule has 4 nitrogen and oxygen atoms in total. The van der Waals surface area contributed by atoms with Crippen LogP contribution in [0.1, 0.15) is 10.4 Å². The second-order valence-corrected chi connectivity index (χ2v) is 3.59. The number of carbonyl (C=O) groups excluding carboxylic acids is 1. The number of primary amides is 1. The van der Waals surface area contributed by atoms with Gasteiger partial charge in [-0.25, -0.2) is 4.41 Å². The molecule has 1 heterocycles. The van der Waals surface area contributed by atoms with Gasteiger partial charge in [-0.15, -0.1) is 0 Å². The second-order valence-electron chi connectivity index (χ2n) is 2.74. The monoisotopic (exact) mass is 207 g/mol. The van der Waals surface area contributed by atoms with Crippen molar-refractivity contribution in [1.82, 2.24) is 5.43 Å². The summed E-state index contributed by atoms with van der Waals surface area (Å²) >= 11 is 1.54. The van der Waals surface area contributed by atoms with E-state index in [2.05, 4.69) is 5.43 Å². The van der Waals surface area contributed by atoms with E-state index in [4.69, 9.17) is 5.73 Å². The van der Waals surface area contributed by atoms with Crippen LogP contribution in [0.3, 0.4) is 0 Å². The standard InChI is InChI=1S/C9H9N3OS/c10-9(13)7-1-3-8(4-2-7)12-11-5-6-14-12/h1-6,11H,(H2,10,13). The zero-order valence-electron chi connectivity index (χ0n) is 7.31. The van der Waals surface area contributed by atoms with Crippen molar-refractivity contribution in [2.45, 2.75) is 0 Å². The average Bonchev–Trinajstić information content (AvgIpc) is 2.71. The second kappa shape index (κ2) is 3.63.